The Balaban J connectivity index is 1.37. The highest BCUT2D eigenvalue weighted by Crippen LogP contribution is 2.30. The van der Waals surface area contributed by atoms with Gasteiger partial charge in [-0.05, 0) is 43.9 Å². The second-order valence-electron chi connectivity index (χ2n) is 9.29. The number of piperazine rings is 1. The van der Waals surface area contributed by atoms with Crippen molar-refractivity contribution in [1.29, 1.82) is 0 Å². The number of primary amides is 1. The van der Waals surface area contributed by atoms with Gasteiger partial charge in [0, 0.05) is 49.8 Å². The number of halogens is 1. The Morgan fingerprint density at radius 1 is 1.21 bits per heavy atom. The summed E-state index contributed by atoms with van der Waals surface area (Å²) in [6, 6.07) is 8.81. The van der Waals surface area contributed by atoms with Gasteiger partial charge in [0.2, 0.25) is 0 Å². The van der Waals surface area contributed by atoms with Crippen molar-refractivity contribution in [2.75, 3.05) is 44.2 Å². The van der Waals surface area contributed by atoms with Gasteiger partial charge in [-0.3, -0.25) is 14.6 Å². The van der Waals surface area contributed by atoms with Crippen molar-refractivity contribution >= 4 is 23.3 Å². The number of carbonyl (C=O) groups is 1. The molecule has 2 aromatic rings. The minimum Gasteiger partial charge on any atom is -0.394 e. The van der Waals surface area contributed by atoms with Crippen molar-refractivity contribution in [3.63, 3.8) is 0 Å². The van der Waals surface area contributed by atoms with Crippen LogP contribution in [0.15, 0.2) is 30.5 Å². The van der Waals surface area contributed by atoms with Crippen LogP contribution in [-0.2, 0) is 0 Å². The Kier molecular flexibility index (Phi) is 8.03. The number of hydrogen-bond acceptors (Lipinski definition) is 7. The van der Waals surface area contributed by atoms with Crippen LogP contribution < -0.4 is 10.6 Å². The van der Waals surface area contributed by atoms with Gasteiger partial charge in [-0.25, -0.2) is 9.97 Å². The summed E-state index contributed by atoms with van der Waals surface area (Å²) in [6.45, 7) is 8.92. The molecule has 184 valence electrons. The number of amides is 1. The van der Waals surface area contributed by atoms with E-state index in [9.17, 15) is 9.90 Å². The van der Waals surface area contributed by atoms with E-state index in [0.717, 1.165) is 69.1 Å². The minimum atomic E-state index is -0.552. The molecule has 9 heteroatoms. The molecule has 2 atom stereocenters. The van der Waals surface area contributed by atoms with Gasteiger partial charge < -0.3 is 15.7 Å². The molecule has 3 N–H and O–H groups in total. The number of aliphatic hydroxyl groups is 1. The molecule has 0 radical (unpaired) electrons. The number of piperidine rings is 1. The Morgan fingerprint density at radius 2 is 1.91 bits per heavy atom. The van der Waals surface area contributed by atoms with Crippen LogP contribution in [0.3, 0.4) is 0 Å². The second kappa shape index (κ2) is 11.0. The van der Waals surface area contributed by atoms with Crippen LogP contribution in [0.2, 0.25) is 5.02 Å². The Labute approximate surface area is 206 Å². The molecule has 34 heavy (non-hydrogen) atoms. The highest BCUT2D eigenvalue weighted by Gasteiger charge is 2.35. The molecule has 2 saturated heterocycles. The van der Waals surface area contributed by atoms with Crippen molar-refractivity contribution in [3.05, 3.63) is 52.4 Å². The second-order valence-corrected chi connectivity index (χ2v) is 9.73. The quantitative estimate of drug-likeness (QED) is 0.620. The summed E-state index contributed by atoms with van der Waals surface area (Å²) >= 11 is 6.04. The molecule has 0 unspecified atom stereocenters. The van der Waals surface area contributed by atoms with E-state index in [1.807, 2.05) is 31.2 Å². The van der Waals surface area contributed by atoms with E-state index in [1.54, 1.807) is 0 Å². The molecule has 1 amide bonds. The number of carbonyl (C=O) groups excluding carboxylic acids is 1. The molecule has 0 bridgehead atoms. The highest BCUT2D eigenvalue weighted by atomic mass is 35.5. The van der Waals surface area contributed by atoms with E-state index in [4.69, 9.17) is 17.3 Å². The molecule has 2 aliphatic heterocycles. The molecule has 2 aliphatic rings. The van der Waals surface area contributed by atoms with E-state index >= 15 is 0 Å². The molecule has 0 aliphatic carbocycles. The van der Waals surface area contributed by atoms with E-state index in [1.165, 1.54) is 6.20 Å². The molecule has 4 rings (SSSR count). The predicted octanol–water partition coefficient (Wildman–Crippen LogP) is 2.64. The minimum absolute atomic E-state index is 0.0157. The average molecular weight is 487 g/mol. The number of hydrogen-bond donors (Lipinski definition) is 2. The number of aryl methyl sites for hydroxylation is 1. The summed E-state index contributed by atoms with van der Waals surface area (Å²) in [5.74, 6) is 0.288. The molecule has 2 fully saturated rings. The molecule has 0 spiro atoms. The third kappa shape index (κ3) is 5.35. The van der Waals surface area contributed by atoms with Crippen LogP contribution in [0.25, 0.3) is 0 Å². The summed E-state index contributed by atoms with van der Waals surface area (Å²) in [6.07, 6.45) is 4.72. The summed E-state index contributed by atoms with van der Waals surface area (Å²) in [7, 11) is 0. The lowest BCUT2D eigenvalue weighted by atomic mass is 9.96. The van der Waals surface area contributed by atoms with Gasteiger partial charge in [0.25, 0.3) is 5.91 Å². The standard InChI is InChI=1S/C25H35ClN6O2/c1-3-20-15-31(25-17(2)29-22(14-28-25)24(27)34)12-13-32(20)21-8-10-30(11-9-21)23(16-33)18-4-6-19(26)7-5-18/h4-7,14,20-21,23,33H,3,8-13,15-16H2,1-2H3,(H2,27,34)/t20-,23+/m0/s1. The first-order valence-corrected chi connectivity index (χ1v) is 12.5. The van der Waals surface area contributed by atoms with E-state index in [2.05, 4.69) is 31.6 Å². The summed E-state index contributed by atoms with van der Waals surface area (Å²) in [5.41, 5.74) is 7.41. The number of aliphatic hydroxyl groups excluding tert-OH is 1. The number of likely N-dealkylation sites (tertiary alicyclic amines) is 1. The monoisotopic (exact) mass is 486 g/mol. The fourth-order valence-electron chi connectivity index (χ4n) is 5.46. The lowest BCUT2D eigenvalue weighted by Gasteiger charge is -2.48. The van der Waals surface area contributed by atoms with Gasteiger partial charge in [0.15, 0.2) is 0 Å². The molecular formula is C25H35ClN6O2. The Bertz CT molecular complexity index is 980. The predicted molar refractivity (Wildman–Crippen MR) is 134 cm³/mol. The molecule has 8 nitrogen and oxygen atoms in total. The smallest absolute Gasteiger partial charge is 0.268 e. The average Bonchev–Trinajstić information content (AvgIpc) is 2.85. The third-order valence-corrected chi connectivity index (χ3v) is 7.56. The normalized spacial score (nSPS) is 21.5. The zero-order valence-corrected chi connectivity index (χ0v) is 20.8. The van der Waals surface area contributed by atoms with Gasteiger partial charge in [0.05, 0.1) is 24.5 Å². The molecule has 0 saturated carbocycles. The zero-order chi connectivity index (χ0) is 24.2. The first-order chi connectivity index (χ1) is 16.4. The maximum atomic E-state index is 11.4. The van der Waals surface area contributed by atoms with Gasteiger partial charge >= 0.3 is 0 Å². The van der Waals surface area contributed by atoms with Crippen LogP contribution in [0.1, 0.15) is 54.0 Å². The van der Waals surface area contributed by atoms with Crippen molar-refractivity contribution in [3.8, 4) is 0 Å². The number of rotatable bonds is 7. The fourth-order valence-corrected chi connectivity index (χ4v) is 5.58. The fraction of sp³-hybridized carbons (Fsp3) is 0.560. The number of benzene rings is 1. The van der Waals surface area contributed by atoms with Gasteiger partial charge in [-0.1, -0.05) is 30.7 Å². The van der Waals surface area contributed by atoms with E-state index in [0.29, 0.717) is 17.1 Å². The van der Waals surface area contributed by atoms with Crippen molar-refractivity contribution in [2.24, 2.45) is 5.73 Å². The number of aromatic nitrogens is 2. The first-order valence-electron chi connectivity index (χ1n) is 12.2. The largest absolute Gasteiger partial charge is 0.394 e. The van der Waals surface area contributed by atoms with Crippen LogP contribution in [0.5, 0.6) is 0 Å². The topological polar surface area (TPSA) is 98.8 Å². The number of nitrogens with zero attached hydrogens (tertiary/aromatic N) is 5. The summed E-state index contributed by atoms with van der Waals surface area (Å²) in [5, 5.41) is 10.8. The van der Waals surface area contributed by atoms with E-state index in [-0.39, 0.29) is 18.3 Å². The maximum Gasteiger partial charge on any atom is 0.268 e. The zero-order valence-electron chi connectivity index (χ0n) is 20.0. The van der Waals surface area contributed by atoms with Crippen LogP contribution in [-0.4, -0.2) is 82.2 Å². The Hall–Kier alpha value is -2.26. The van der Waals surface area contributed by atoms with Crippen LogP contribution in [0, 0.1) is 6.92 Å². The lowest BCUT2D eigenvalue weighted by molar-refractivity contribution is 0.0356. The van der Waals surface area contributed by atoms with Crippen molar-refractivity contribution in [1.82, 2.24) is 19.8 Å². The molecule has 1 aromatic carbocycles. The highest BCUT2D eigenvalue weighted by molar-refractivity contribution is 6.30. The van der Waals surface area contributed by atoms with Crippen molar-refractivity contribution in [2.45, 2.75) is 51.2 Å². The molecular weight excluding hydrogens is 452 g/mol. The van der Waals surface area contributed by atoms with Crippen LogP contribution in [0.4, 0.5) is 5.82 Å². The Morgan fingerprint density at radius 3 is 2.50 bits per heavy atom. The van der Waals surface area contributed by atoms with Gasteiger partial charge in [-0.15, -0.1) is 0 Å². The third-order valence-electron chi connectivity index (χ3n) is 7.31. The van der Waals surface area contributed by atoms with E-state index < -0.39 is 5.91 Å². The summed E-state index contributed by atoms with van der Waals surface area (Å²) in [4.78, 5) is 27.6. The molecule has 1 aromatic heterocycles. The lowest BCUT2D eigenvalue weighted by Crippen LogP contribution is -2.58. The van der Waals surface area contributed by atoms with Crippen LogP contribution >= 0.6 is 11.6 Å². The molecule has 3 heterocycles. The number of anilines is 1. The van der Waals surface area contributed by atoms with Crippen molar-refractivity contribution < 1.29 is 9.90 Å². The SMILES string of the molecule is CC[C@H]1CN(c2ncc(C(N)=O)nc2C)CCN1C1CCN([C@H](CO)c2ccc(Cl)cc2)CC1. The maximum absolute atomic E-state index is 11.4. The first kappa shape index (κ1) is 24.9. The van der Waals surface area contributed by atoms with Gasteiger partial charge in [-0.2, -0.15) is 0 Å². The summed E-state index contributed by atoms with van der Waals surface area (Å²) < 4.78 is 0. The van der Waals surface area contributed by atoms with Gasteiger partial charge in [0.1, 0.15) is 11.5 Å². The number of nitrogens with two attached hydrogens (primary N) is 1.